The molecule has 0 bridgehead atoms. The number of aliphatic carboxylic acids is 1. The van der Waals surface area contributed by atoms with Gasteiger partial charge in [0.15, 0.2) is 0 Å². The number of primary amides is 1. The zero-order valence-electron chi connectivity index (χ0n) is 12.0. The highest BCUT2D eigenvalue weighted by atomic mass is 32.2. The van der Waals surface area contributed by atoms with E-state index in [2.05, 4.69) is 0 Å². The molecule has 1 aromatic rings. The summed E-state index contributed by atoms with van der Waals surface area (Å²) in [7, 11) is 0. The van der Waals surface area contributed by atoms with E-state index in [1.165, 1.54) is 0 Å². The highest BCUT2D eigenvalue weighted by Crippen LogP contribution is 2.28. The third-order valence-electron chi connectivity index (χ3n) is 3.96. The second kappa shape index (κ2) is 6.95. The number of hydrogen-bond donors (Lipinski definition) is 2. The number of nitrogens with two attached hydrogens (primary N) is 1. The zero-order valence-corrected chi connectivity index (χ0v) is 12.8. The van der Waals surface area contributed by atoms with E-state index in [-0.39, 0.29) is 11.8 Å². The van der Waals surface area contributed by atoms with E-state index in [0.717, 1.165) is 10.5 Å². The first kappa shape index (κ1) is 15.9. The lowest BCUT2D eigenvalue weighted by molar-refractivity contribution is -0.144. The van der Waals surface area contributed by atoms with Gasteiger partial charge < -0.3 is 10.8 Å². The topological polar surface area (TPSA) is 83.6 Å². The summed E-state index contributed by atoms with van der Waals surface area (Å²) < 4.78 is 0. The Bertz CT molecular complexity index is 510. The van der Waals surface area contributed by atoms with Crippen LogP contribution in [0.4, 0.5) is 0 Å². The van der Waals surface area contributed by atoms with Gasteiger partial charge in [-0.3, -0.25) is 14.5 Å². The van der Waals surface area contributed by atoms with Gasteiger partial charge >= 0.3 is 5.97 Å². The molecule has 1 fully saturated rings. The average Bonchev–Trinajstić information content (AvgIpc) is 2.48. The van der Waals surface area contributed by atoms with Crippen LogP contribution in [0.25, 0.3) is 0 Å². The van der Waals surface area contributed by atoms with E-state index in [9.17, 15) is 14.7 Å². The van der Waals surface area contributed by atoms with Gasteiger partial charge in [0.1, 0.15) is 6.04 Å². The third kappa shape index (κ3) is 3.77. The van der Waals surface area contributed by atoms with Crippen LogP contribution >= 0.6 is 11.8 Å². The van der Waals surface area contributed by atoms with Crippen molar-refractivity contribution in [1.82, 2.24) is 4.90 Å². The Morgan fingerprint density at radius 1 is 1.29 bits per heavy atom. The number of carbonyl (C=O) groups excluding carboxylic acids is 1. The van der Waals surface area contributed by atoms with Crippen LogP contribution in [0.5, 0.6) is 0 Å². The number of rotatable bonds is 5. The maximum Gasteiger partial charge on any atom is 0.325 e. The molecule has 1 saturated heterocycles. The standard InChI is InChI=1S/C15H20N2O3S/c1-21-12-4-2-10(3-5-12)13(15(19)20)17-8-6-11(7-9-17)14(16)18/h2-5,11,13H,6-9H2,1H3,(H2,16,18)(H,19,20). The average molecular weight is 308 g/mol. The largest absolute Gasteiger partial charge is 0.480 e. The van der Waals surface area contributed by atoms with E-state index in [4.69, 9.17) is 5.73 Å². The predicted molar refractivity (Wildman–Crippen MR) is 82.1 cm³/mol. The molecule has 1 aromatic carbocycles. The number of piperidine rings is 1. The van der Waals surface area contributed by atoms with Crippen molar-refractivity contribution in [2.75, 3.05) is 19.3 Å². The smallest absolute Gasteiger partial charge is 0.325 e. The molecule has 2 rings (SSSR count). The molecule has 1 aliphatic heterocycles. The molecule has 1 atom stereocenters. The molecule has 114 valence electrons. The van der Waals surface area contributed by atoms with Crippen LogP contribution in [-0.2, 0) is 9.59 Å². The van der Waals surface area contributed by atoms with Crippen LogP contribution in [-0.4, -0.2) is 41.2 Å². The minimum atomic E-state index is -0.857. The first-order valence-electron chi connectivity index (χ1n) is 6.93. The Hall–Kier alpha value is -1.53. The fraction of sp³-hybridized carbons (Fsp3) is 0.467. The van der Waals surface area contributed by atoms with Crippen molar-refractivity contribution >= 4 is 23.6 Å². The number of thioether (sulfide) groups is 1. The molecular formula is C15H20N2O3S. The summed E-state index contributed by atoms with van der Waals surface area (Å²) in [4.78, 5) is 25.8. The summed E-state index contributed by atoms with van der Waals surface area (Å²) in [5.41, 5.74) is 6.09. The zero-order chi connectivity index (χ0) is 15.4. The minimum absolute atomic E-state index is 0.130. The number of benzene rings is 1. The van der Waals surface area contributed by atoms with Crippen LogP contribution in [0.3, 0.4) is 0 Å². The summed E-state index contributed by atoms with van der Waals surface area (Å²) in [6.07, 6.45) is 3.24. The Morgan fingerprint density at radius 2 is 1.86 bits per heavy atom. The molecule has 21 heavy (non-hydrogen) atoms. The Kier molecular flexibility index (Phi) is 5.25. The molecule has 1 unspecified atom stereocenters. The van der Waals surface area contributed by atoms with Crippen LogP contribution in [0.1, 0.15) is 24.4 Å². The van der Waals surface area contributed by atoms with Crippen molar-refractivity contribution in [1.29, 1.82) is 0 Å². The predicted octanol–water partition coefficient (Wildman–Crippen LogP) is 1.73. The minimum Gasteiger partial charge on any atom is -0.480 e. The number of carboxylic acid groups (broad SMARTS) is 1. The highest BCUT2D eigenvalue weighted by Gasteiger charge is 2.32. The van der Waals surface area contributed by atoms with Gasteiger partial charge in [0, 0.05) is 23.9 Å². The molecule has 3 N–H and O–H groups in total. The molecule has 0 aromatic heterocycles. The fourth-order valence-electron chi connectivity index (χ4n) is 2.74. The Morgan fingerprint density at radius 3 is 2.29 bits per heavy atom. The monoisotopic (exact) mass is 308 g/mol. The third-order valence-corrected chi connectivity index (χ3v) is 4.71. The first-order chi connectivity index (χ1) is 10.0. The van der Waals surface area contributed by atoms with Gasteiger partial charge in [-0.2, -0.15) is 0 Å². The molecule has 0 spiro atoms. The van der Waals surface area contributed by atoms with E-state index in [1.54, 1.807) is 11.8 Å². The first-order valence-corrected chi connectivity index (χ1v) is 8.15. The molecular weight excluding hydrogens is 288 g/mol. The molecule has 6 heteroatoms. The van der Waals surface area contributed by atoms with Crippen LogP contribution < -0.4 is 5.73 Å². The van der Waals surface area contributed by atoms with Crippen molar-refractivity contribution in [3.63, 3.8) is 0 Å². The van der Waals surface area contributed by atoms with Crippen LogP contribution in [0.2, 0.25) is 0 Å². The molecule has 5 nitrogen and oxygen atoms in total. The van der Waals surface area contributed by atoms with E-state index in [0.29, 0.717) is 25.9 Å². The number of carboxylic acids is 1. The van der Waals surface area contributed by atoms with Crippen molar-refractivity contribution < 1.29 is 14.7 Å². The van der Waals surface area contributed by atoms with Gasteiger partial charge in [0.05, 0.1) is 0 Å². The molecule has 0 radical (unpaired) electrons. The Balaban J connectivity index is 2.12. The van der Waals surface area contributed by atoms with Gasteiger partial charge in [-0.15, -0.1) is 11.8 Å². The second-order valence-corrected chi connectivity index (χ2v) is 6.11. The van der Waals surface area contributed by atoms with Gasteiger partial charge in [-0.25, -0.2) is 0 Å². The fourth-order valence-corrected chi connectivity index (χ4v) is 3.15. The summed E-state index contributed by atoms with van der Waals surface area (Å²) in [5, 5.41) is 9.54. The van der Waals surface area contributed by atoms with Crippen molar-refractivity contribution in [3.05, 3.63) is 29.8 Å². The quantitative estimate of drug-likeness (QED) is 0.809. The van der Waals surface area contributed by atoms with E-state index >= 15 is 0 Å². The summed E-state index contributed by atoms with van der Waals surface area (Å²) >= 11 is 1.62. The second-order valence-electron chi connectivity index (χ2n) is 5.23. The lowest BCUT2D eigenvalue weighted by atomic mass is 9.94. The number of carbonyl (C=O) groups is 2. The lowest BCUT2D eigenvalue weighted by Gasteiger charge is -2.34. The van der Waals surface area contributed by atoms with Gasteiger partial charge in [-0.1, -0.05) is 12.1 Å². The number of hydrogen-bond acceptors (Lipinski definition) is 4. The maximum atomic E-state index is 11.6. The van der Waals surface area contributed by atoms with Crippen LogP contribution in [0, 0.1) is 5.92 Å². The number of nitrogens with zero attached hydrogens (tertiary/aromatic N) is 1. The summed E-state index contributed by atoms with van der Waals surface area (Å²) in [6, 6.07) is 6.95. The molecule has 0 aliphatic carbocycles. The van der Waals surface area contributed by atoms with E-state index < -0.39 is 12.0 Å². The highest BCUT2D eigenvalue weighted by molar-refractivity contribution is 7.98. The Labute approximate surface area is 128 Å². The normalized spacial score (nSPS) is 18.3. The van der Waals surface area contributed by atoms with Crippen LogP contribution in [0.15, 0.2) is 29.2 Å². The van der Waals surface area contributed by atoms with Gasteiger partial charge in [0.25, 0.3) is 0 Å². The van der Waals surface area contributed by atoms with Crippen molar-refractivity contribution in [3.8, 4) is 0 Å². The molecule has 1 heterocycles. The SMILES string of the molecule is CSc1ccc(C(C(=O)O)N2CCC(C(N)=O)CC2)cc1. The summed E-state index contributed by atoms with van der Waals surface area (Å²) in [6.45, 7) is 1.16. The summed E-state index contributed by atoms with van der Waals surface area (Å²) in [5.74, 6) is -1.27. The van der Waals surface area contributed by atoms with Gasteiger partial charge in [0.2, 0.25) is 5.91 Å². The molecule has 0 saturated carbocycles. The maximum absolute atomic E-state index is 11.6. The number of amides is 1. The lowest BCUT2D eigenvalue weighted by Crippen LogP contribution is -2.42. The molecule has 1 amide bonds. The van der Waals surface area contributed by atoms with Gasteiger partial charge in [-0.05, 0) is 36.8 Å². The molecule has 1 aliphatic rings. The van der Waals surface area contributed by atoms with E-state index in [1.807, 2.05) is 35.4 Å². The van der Waals surface area contributed by atoms with Crippen molar-refractivity contribution in [2.24, 2.45) is 11.7 Å². The van der Waals surface area contributed by atoms with Crippen molar-refractivity contribution in [2.45, 2.75) is 23.8 Å². The number of likely N-dealkylation sites (tertiary alicyclic amines) is 1.